The minimum atomic E-state index is -0.161. The Labute approximate surface area is 126 Å². The molecule has 20 heavy (non-hydrogen) atoms. The molecule has 3 N–H and O–H groups in total. The molecule has 0 amide bonds. The monoisotopic (exact) mass is 297 g/mol. The van der Waals surface area contributed by atoms with Crippen LogP contribution in [0.25, 0.3) is 0 Å². The molecule has 1 aromatic rings. The van der Waals surface area contributed by atoms with Crippen molar-refractivity contribution < 1.29 is 4.74 Å². The van der Waals surface area contributed by atoms with Crippen LogP contribution in [0.2, 0.25) is 0 Å². The predicted molar refractivity (Wildman–Crippen MR) is 84.2 cm³/mol. The molecular weight excluding hydrogens is 270 g/mol. The smallest absolute Gasteiger partial charge is 0.0940 e. The molecule has 2 rings (SSSR count). The van der Waals surface area contributed by atoms with Crippen LogP contribution in [-0.4, -0.2) is 36.3 Å². The molecule has 1 aliphatic rings. The molecule has 1 saturated carbocycles. The van der Waals surface area contributed by atoms with E-state index in [0.29, 0.717) is 6.10 Å². The van der Waals surface area contributed by atoms with Crippen LogP contribution in [0, 0.1) is 12.3 Å². The number of ether oxygens (including phenoxy) is 1. The molecule has 1 fully saturated rings. The summed E-state index contributed by atoms with van der Waals surface area (Å²) in [5, 5.41) is 6.78. The van der Waals surface area contributed by atoms with E-state index in [0.717, 1.165) is 38.2 Å². The van der Waals surface area contributed by atoms with E-state index in [4.69, 9.17) is 10.5 Å². The fraction of sp³-hybridized carbons (Fsp3) is 0.800. The van der Waals surface area contributed by atoms with Gasteiger partial charge in [0.05, 0.1) is 11.1 Å². The zero-order valence-corrected chi connectivity index (χ0v) is 13.8. The highest BCUT2D eigenvalue weighted by Gasteiger charge is 2.57. The Morgan fingerprint density at radius 1 is 1.55 bits per heavy atom. The van der Waals surface area contributed by atoms with Crippen molar-refractivity contribution in [3.63, 3.8) is 0 Å². The highest BCUT2D eigenvalue weighted by Crippen LogP contribution is 2.49. The van der Waals surface area contributed by atoms with Crippen molar-refractivity contribution in [2.24, 2.45) is 11.1 Å². The first-order chi connectivity index (χ1) is 9.39. The van der Waals surface area contributed by atoms with Crippen molar-refractivity contribution in [2.45, 2.75) is 52.2 Å². The Morgan fingerprint density at radius 3 is 2.85 bits per heavy atom. The summed E-state index contributed by atoms with van der Waals surface area (Å²) >= 11 is 1.73. The van der Waals surface area contributed by atoms with E-state index >= 15 is 0 Å². The van der Waals surface area contributed by atoms with Gasteiger partial charge in [0, 0.05) is 48.1 Å². The maximum absolute atomic E-state index is 6.53. The van der Waals surface area contributed by atoms with Crippen molar-refractivity contribution in [1.29, 1.82) is 0 Å². The van der Waals surface area contributed by atoms with Gasteiger partial charge in [-0.1, -0.05) is 13.8 Å². The van der Waals surface area contributed by atoms with Crippen molar-refractivity contribution in [2.75, 3.05) is 19.7 Å². The molecule has 1 heterocycles. The van der Waals surface area contributed by atoms with E-state index in [-0.39, 0.29) is 11.0 Å². The largest absolute Gasteiger partial charge is 0.378 e. The number of nitrogens with zero attached hydrogens (tertiary/aromatic N) is 1. The van der Waals surface area contributed by atoms with Crippen molar-refractivity contribution in [3.8, 4) is 0 Å². The lowest BCUT2D eigenvalue weighted by Gasteiger charge is -2.59. The number of rotatable bonds is 7. The fourth-order valence-electron chi connectivity index (χ4n) is 2.83. The first-order valence-corrected chi connectivity index (χ1v) is 8.29. The lowest BCUT2D eigenvalue weighted by atomic mass is 9.54. The highest BCUT2D eigenvalue weighted by molar-refractivity contribution is 7.09. The molecule has 1 aliphatic carbocycles. The van der Waals surface area contributed by atoms with Gasteiger partial charge in [-0.2, -0.15) is 0 Å². The fourth-order valence-corrected chi connectivity index (χ4v) is 3.61. The first kappa shape index (κ1) is 15.9. The van der Waals surface area contributed by atoms with Gasteiger partial charge in [0.2, 0.25) is 0 Å². The van der Waals surface area contributed by atoms with Gasteiger partial charge in [-0.25, -0.2) is 4.98 Å². The molecule has 2 atom stereocenters. The molecule has 0 radical (unpaired) electrons. The Hall–Kier alpha value is -0.490. The van der Waals surface area contributed by atoms with Crippen LogP contribution < -0.4 is 11.1 Å². The van der Waals surface area contributed by atoms with Gasteiger partial charge in [-0.3, -0.25) is 0 Å². The molecule has 114 valence electrons. The molecule has 2 unspecified atom stereocenters. The maximum Gasteiger partial charge on any atom is 0.0940 e. The Bertz CT molecular complexity index is 446. The Kier molecular flexibility index (Phi) is 4.84. The molecule has 5 heteroatoms. The lowest BCUT2D eigenvalue weighted by Crippen LogP contribution is -2.73. The summed E-state index contributed by atoms with van der Waals surface area (Å²) in [6.07, 6.45) is 2.21. The predicted octanol–water partition coefficient (Wildman–Crippen LogP) is 2.12. The van der Waals surface area contributed by atoms with E-state index in [1.807, 2.05) is 13.8 Å². The van der Waals surface area contributed by atoms with Crippen LogP contribution in [0.5, 0.6) is 0 Å². The molecule has 0 saturated heterocycles. The molecular formula is C15H27N3OS. The average molecular weight is 297 g/mol. The third kappa shape index (κ3) is 3.06. The van der Waals surface area contributed by atoms with Crippen LogP contribution in [0.3, 0.4) is 0 Å². The van der Waals surface area contributed by atoms with Crippen LogP contribution in [0.15, 0.2) is 5.38 Å². The molecule has 4 nitrogen and oxygen atoms in total. The lowest BCUT2D eigenvalue weighted by molar-refractivity contribution is -0.147. The standard InChI is InChI=1S/C15H27N3OS/c1-5-19-12-8-15(16,14(12,3)4)10-17-7-6-13-18-11(2)9-20-13/h9,12,17H,5-8,10,16H2,1-4H3. The number of thiazole rings is 1. The summed E-state index contributed by atoms with van der Waals surface area (Å²) in [7, 11) is 0. The van der Waals surface area contributed by atoms with Gasteiger partial charge in [0.25, 0.3) is 0 Å². The topological polar surface area (TPSA) is 60.2 Å². The quantitative estimate of drug-likeness (QED) is 0.757. The van der Waals surface area contributed by atoms with Gasteiger partial charge in [0.15, 0.2) is 0 Å². The number of hydrogen-bond donors (Lipinski definition) is 2. The van der Waals surface area contributed by atoms with Crippen molar-refractivity contribution in [3.05, 3.63) is 16.1 Å². The number of aryl methyl sites for hydroxylation is 1. The summed E-state index contributed by atoms with van der Waals surface area (Å²) < 4.78 is 5.75. The summed E-state index contributed by atoms with van der Waals surface area (Å²) in [5.41, 5.74) is 7.51. The second-order valence-electron chi connectivity index (χ2n) is 6.34. The van der Waals surface area contributed by atoms with E-state index < -0.39 is 0 Å². The van der Waals surface area contributed by atoms with E-state index in [1.54, 1.807) is 11.3 Å². The SMILES string of the molecule is CCOC1CC(N)(CNCCc2nc(C)cs2)C1(C)C. The number of nitrogens with one attached hydrogen (secondary N) is 1. The third-order valence-electron chi connectivity index (χ3n) is 4.63. The molecule has 1 aromatic heterocycles. The Morgan fingerprint density at radius 2 is 2.30 bits per heavy atom. The van der Waals surface area contributed by atoms with Crippen LogP contribution in [0.4, 0.5) is 0 Å². The number of nitrogens with two attached hydrogens (primary N) is 1. The minimum Gasteiger partial charge on any atom is -0.378 e. The van der Waals surface area contributed by atoms with Crippen LogP contribution in [-0.2, 0) is 11.2 Å². The normalized spacial score (nSPS) is 28.4. The summed E-state index contributed by atoms with van der Waals surface area (Å²) in [5.74, 6) is 0. The highest BCUT2D eigenvalue weighted by atomic mass is 32.1. The second-order valence-corrected chi connectivity index (χ2v) is 7.28. The summed E-state index contributed by atoms with van der Waals surface area (Å²) in [6.45, 7) is 11.0. The molecule has 0 spiro atoms. The van der Waals surface area contributed by atoms with Gasteiger partial charge in [-0.05, 0) is 20.3 Å². The summed E-state index contributed by atoms with van der Waals surface area (Å²) in [4.78, 5) is 4.47. The van der Waals surface area contributed by atoms with Crippen LogP contribution >= 0.6 is 11.3 Å². The van der Waals surface area contributed by atoms with E-state index in [9.17, 15) is 0 Å². The minimum absolute atomic E-state index is 0.0355. The second kappa shape index (κ2) is 6.10. The number of hydrogen-bond acceptors (Lipinski definition) is 5. The van der Waals surface area contributed by atoms with Crippen molar-refractivity contribution in [1.82, 2.24) is 10.3 Å². The van der Waals surface area contributed by atoms with E-state index in [2.05, 4.69) is 29.5 Å². The van der Waals surface area contributed by atoms with Gasteiger partial charge < -0.3 is 15.8 Å². The first-order valence-electron chi connectivity index (χ1n) is 7.41. The van der Waals surface area contributed by atoms with Gasteiger partial charge in [0.1, 0.15) is 0 Å². The Balaban J connectivity index is 1.74. The molecule has 0 aliphatic heterocycles. The van der Waals surface area contributed by atoms with Crippen molar-refractivity contribution >= 4 is 11.3 Å². The molecule has 0 aromatic carbocycles. The zero-order valence-electron chi connectivity index (χ0n) is 13.0. The molecule has 0 bridgehead atoms. The number of aromatic nitrogens is 1. The average Bonchev–Trinajstić information content (AvgIpc) is 2.80. The van der Waals surface area contributed by atoms with Crippen LogP contribution in [0.1, 0.15) is 37.9 Å². The summed E-state index contributed by atoms with van der Waals surface area (Å²) in [6, 6.07) is 0. The maximum atomic E-state index is 6.53. The van der Waals surface area contributed by atoms with Gasteiger partial charge >= 0.3 is 0 Å². The van der Waals surface area contributed by atoms with E-state index in [1.165, 1.54) is 5.01 Å². The van der Waals surface area contributed by atoms with Gasteiger partial charge in [-0.15, -0.1) is 11.3 Å². The third-order valence-corrected chi connectivity index (χ3v) is 5.65. The zero-order chi connectivity index (χ0) is 14.8.